The summed E-state index contributed by atoms with van der Waals surface area (Å²) in [4.78, 5) is 18.8. The molecule has 2 aromatic heterocycles. The van der Waals surface area contributed by atoms with Crippen molar-refractivity contribution in [1.29, 1.82) is 0 Å². The highest BCUT2D eigenvalue weighted by molar-refractivity contribution is 5.78. The van der Waals surface area contributed by atoms with Crippen molar-refractivity contribution in [2.24, 2.45) is 0 Å². The summed E-state index contributed by atoms with van der Waals surface area (Å²) in [5.41, 5.74) is 5.00. The topological polar surface area (TPSA) is 75.0 Å². The molecular formula is C21H26N4O2. The molecule has 0 saturated carbocycles. The van der Waals surface area contributed by atoms with Crippen LogP contribution in [0.15, 0.2) is 34.7 Å². The second kappa shape index (κ2) is 8.20. The molecule has 0 unspecified atom stereocenters. The van der Waals surface area contributed by atoms with Gasteiger partial charge in [-0.05, 0) is 51.3 Å². The lowest BCUT2D eigenvalue weighted by Gasteiger charge is -2.16. The third-order valence-corrected chi connectivity index (χ3v) is 4.86. The Labute approximate surface area is 159 Å². The van der Waals surface area contributed by atoms with Crippen molar-refractivity contribution in [1.82, 2.24) is 20.1 Å². The molecule has 0 aliphatic carbocycles. The second-order valence-corrected chi connectivity index (χ2v) is 6.90. The smallest absolute Gasteiger partial charge is 0.228 e. The first kappa shape index (κ1) is 18.9. The first-order chi connectivity index (χ1) is 13.0. The lowest BCUT2D eigenvalue weighted by Crippen LogP contribution is -2.29. The highest BCUT2D eigenvalue weighted by Crippen LogP contribution is 2.22. The van der Waals surface area contributed by atoms with Crippen LogP contribution in [0.3, 0.4) is 0 Å². The molecule has 27 heavy (non-hydrogen) atoms. The second-order valence-electron chi connectivity index (χ2n) is 6.90. The maximum Gasteiger partial charge on any atom is 0.228 e. The van der Waals surface area contributed by atoms with Crippen LogP contribution >= 0.6 is 0 Å². The van der Waals surface area contributed by atoms with Crippen LogP contribution < -0.4 is 0 Å². The van der Waals surface area contributed by atoms with Crippen molar-refractivity contribution in [2.75, 3.05) is 13.6 Å². The number of likely N-dealkylation sites (N-methyl/N-ethyl adjacent to an activating group) is 1. The quantitative estimate of drug-likeness (QED) is 0.693. The van der Waals surface area contributed by atoms with Crippen LogP contribution in [0.2, 0.25) is 0 Å². The Hall–Kier alpha value is -2.89. The van der Waals surface area contributed by atoms with E-state index in [9.17, 15) is 4.79 Å². The number of carbonyl (C=O) groups excluding carboxylic acids is 1. The van der Waals surface area contributed by atoms with E-state index in [1.165, 1.54) is 5.56 Å². The molecule has 0 bridgehead atoms. The van der Waals surface area contributed by atoms with E-state index in [1.54, 1.807) is 4.90 Å². The minimum Gasteiger partial charge on any atom is -0.441 e. The van der Waals surface area contributed by atoms with E-state index in [2.05, 4.69) is 15.2 Å². The molecule has 6 nitrogen and oxygen atoms in total. The molecule has 1 N–H and O–H groups in total. The summed E-state index contributed by atoms with van der Waals surface area (Å²) in [6.45, 7) is 6.59. The molecule has 0 atom stereocenters. The van der Waals surface area contributed by atoms with Crippen molar-refractivity contribution < 1.29 is 9.21 Å². The Morgan fingerprint density at radius 3 is 2.59 bits per heavy atom. The van der Waals surface area contributed by atoms with Gasteiger partial charge in [0.15, 0.2) is 0 Å². The zero-order chi connectivity index (χ0) is 19.4. The normalized spacial score (nSPS) is 11.0. The SMILES string of the molecule is Cc1n[nH]c(C)c1CCCN(C)C(=O)Cc1nc(-c2ccccc2)oc1C. The Balaban J connectivity index is 1.56. The number of hydrogen-bond acceptors (Lipinski definition) is 4. The summed E-state index contributed by atoms with van der Waals surface area (Å²) in [5.74, 6) is 1.30. The highest BCUT2D eigenvalue weighted by atomic mass is 16.4. The van der Waals surface area contributed by atoms with Crippen LogP contribution in [0.1, 0.15) is 34.8 Å². The molecule has 0 aliphatic heterocycles. The Morgan fingerprint density at radius 2 is 1.93 bits per heavy atom. The van der Waals surface area contributed by atoms with Gasteiger partial charge in [-0.3, -0.25) is 9.89 Å². The summed E-state index contributed by atoms with van der Waals surface area (Å²) >= 11 is 0. The van der Waals surface area contributed by atoms with Gasteiger partial charge in [0.2, 0.25) is 11.8 Å². The van der Waals surface area contributed by atoms with E-state index >= 15 is 0 Å². The van der Waals surface area contributed by atoms with E-state index < -0.39 is 0 Å². The van der Waals surface area contributed by atoms with Crippen LogP contribution in [0, 0.1) is 20.8 Å². The zero-order valence-corrected chi connectivity index (χ0v) is 16.4. The number of amides is 1. The molecule has 1 amide bonds. The van der Waals surface area contributed by atoms with Gasteiger partial charge in [0.25, 0.3) is 0 Å². The Morgan fingerprint density at radius 1 is 1.19 bits per heavy atom. The highest BCUT2D eigenvalue weighted by Gasteiger charge is 2.17. The Bertz CT molecular complexity index is 892. The number of H-pyrrole nitrogens is 1. The molecule has 0 saturated heterocycles. The van der Waals surface area contributed by atoms with Crippen molar-refractivity contribution in [3.8, 4) is 11.5 Å². The van der Waals surface area contributed by atoms with Crippen LogP contribution in [0.5, 0.6) is 0 Å². The van der Waals surface area contributed by atoms with Crippen molar-refractivity contribution in [3.63, 3.8) is 0 Å². The maximum atomic E-state index is 12.6. The van der Waals surface area contributed by atoms with Crippen molar-refractivity contribution in [2.45, 2.75) is 40.0 Å². The number of hydrogen-bond donors (Lipinski definition) is 1. The van der Waals surface area contributed by atoms with Gasteiger partial charge in [-0.25, -0.2) is 4.98 Å². The molecule has 0 aliphatic rings. The van der Waals surface area contributed by atoms with E-state index in [0.717, 1.165) is 29.8 Å². The van der Waals surface area contributed by atoms with Gasteiger partial charge in [0.05, 0.1) is 17.8 Å². The maximum absolute atomic E-state index is 12.6. The fraction of sp³-hybridized carbons (Fsp3) is 0.381. The summed E-state index contributed by atoms with van der Waals surface area (Å²) in [6.07, 6.45) is 2.06. The van der Waals surface area contributed by atoms with E-state index in [1.807, 2.05) is 58.2 Å². The summed E-state index contributed by atoms with van der Waals surface area (Å²) in [6, 6.07) is 9.73. The third-order valence-electron chi connectivity index (χ3n) is 4.86. The molecule has 0 spiro atoms. The standard InChI is InChI=1S/C21H26N4O2/c1-14-18(15(2)24-23-14)11-8-12-25(4)20(26)13-19-16(3)27-21(22-19)17-9-6-5-7-10-17/h5-7,9-10H,8,11-13H2,1-4H3,(H,23,24). The number of benzene rings is 1. The largest absolute Gasteiger partial charge is 0.441 e. The van der Waals surface area contributed by atoms with Crippen molar-refractivity contribution in [3.05, 3.63) is 58.7 Å². The minimum atomic E-state index is 0.0478. The molecule has 1 aromatic carbocycles. The molecular weight excluding hydrogens is 340 g/mol. The van der Waals surface area contributed by atoms with Crippen LogP contribution in [0.25, 0.3) is 11.5 Å². The predicted molar refractivity (Wildman–Crippen MR) is 104 cm³/mol. The fourth-order valence-corrected chi connectivity index (χ4v) is 3.13. The molecule has 3 rings (SSSR count). The van der Waals surface area contributed by atoms with E-state index in [4.69, 9.17) is 4.42 Å². The molecule has 0 fully saturated rings. The predicted octanol–water partition coefficient (Wildman–Crippen LogP) is 3.62. The van der Waals surface area contributed by atoms with Gasteiger partial charge >= 0.3 is 0 Å². The van der Waals surface area contributed by atoms with Gasteiger partial charge in [0, 0.05) is 24.8 Å². The number of carbonyl (C=O) groups is 1. The molecule has 0 radical (unpaired) electrons. The minimum absolute atomic E-state index is 0.0478. The van der Waals surface area contributed by atoms with Crippen molar-refractivity contribution >= 4 is 5.91 Å². The number of aromatic amines is 1. The molecule has 142 valence electrons. The molecule has 2 heterocycles. The summed E-state index contributed by atoms with van der Waals surface area (Å²) in [7, 11) is 1.84. The lowest BCUT2D eigenvalue weighted by atomic mass is 10.1. The average Bonchev–Trinajstić information content (AvgIpc) is 3.19. The number of aromatic nitrogens is 3. The first-order valence-electron chi connectivity index (χ1n) is 9.22. The third kappa shape index (κ3) is 4.45. The van der Waals surface area contributed by atoms with Crippen LogP contribution in [0.4, 0.5) is 0 Å². The summed E-state index contributed by atoms with van der Waals surface area (Å²) in [5, 5.41) is 7.22. The average molecular weight is 366 g/mol. The van der Waals surface area contributed by atoms with Gasteiger partial charge in [-0.15, -0.1) is 0 Å². The van der Waals surface area contributed by atoms with Gasteiger partial charge in [-0.2, -0.15) is 5.10 Å². The number of nitrogens with one attached hydrogen (secondary N) is 1. The van der Waals surface area contributed by atoms with E-state index in [-0.39, 0.29) is 12.3 Å². The number of nitrogens with zero attached hydrogens (tertiary/aromatic N) is 3. The van der Waals surface area contributed by atoms with Gasteiger partial charge < -0.3 is 9.32 Å². The van der Waals surface area contributed by atoms with Gasteiger partial charge in [0.1, 0.15) is 5.76 Å². The fourth-order valence-electron chi connectivity index (χ4n) is 3.13. The van der Waals surface area contributed by atoms with Gasteiger partial charge in [-0.1, -0.05) is 18.2 Å². The zero-order valence-electron chi connectivity index (χ0n) is 16.4. The number of aryl methyl sites for hydroxylation is 3. The lowest BCUT2D eigenvalue weighted by molar-refractivity contribution is -0.129. The molecule has 3 aromatic rings. The summed E-state index contributed by atoms with van der Waals surface area (Å²) < 4.78 is 5.75. The van der Waals surface area contributed by atoms with E-state index in [0.29, 0.717) is 23.9 Å². The monoisotopic (exact) mass is 366 g/mol. The molecule has 6 heteroatoms. The van der Waals surface area contributed by atoms with Crippen LogP contribution in [-0.2, 0) is 17.6 Å². The Kier molecular flexibility index (Phi) is 5.74. The van der Waals surface area contributed by atoms with Crippen LogP contribution in [-0.4, -0.2) is 39.6 Å². The first-order valence-corrected chi connectivity index (χ1v) is 9.22. The number of rotatable bonds is 7. The number of oxazole rings is 1.